The normalized spacial score (nSPS) is 13.1. The second-order valence-electron chi connectivity index (χ2n) is 4.89. The molecule has 5 heteroatoms. The highest BCUT2D eigenvalue weighted by Crippen LogP contribution is 2.11. The number of nitrogens with one attached hydrogen (secondary N) is 1. The van der Waals surface area contributed by atoms with Gasteiger partial charge in [-0.05, 0) is 24.0 Å². The molecule has 0 aliphatic rings. The Morgan fingerprint density at radius 3 is 2.53 bits per heavy atom. The van der Waals surface area contributed by atoms with Crippen LogP contribution in [0.2, 0.25) is 0 Å². The molecule has 17 heavy (non-hydrogen) atoms. The highest BCUT2D eigenvalue weighted by molar-refractivity contribution is 5.23. The number of nitrogens with zero attached hydrogens (tertiary/aromatic N) is 3. The van der Waals surface area contributed by atoms with Gasteiger partial charge in [0.1, 0.15) is 0 Å². The Morgan fingerprint density at radius 2 is 2.06 bits per heavy atom. The third-order valence-electron chi connectivity index (χ3n) is 2.71. The molecule has 1 aromatic heterocycles. The number of aromatic nitrogens is 2. The van der Waals surface area contributed by atoms with Gasteiger partial charge in [-0.25, -0.2) is 0 Å². The van der Waals surface area contributed by atoms with E-state index in [0.29, 0.717) is 23.8 Å². The lowest BCUT2D eigenvalue weighted by molar-refractivity contribution is 0.326. The Balaban J connectivity index is 2.58. The molecule has 5 nitrogen and oxygen atoms in total. The van der Waals surface area contributed by atoms with E-state index in [1.165, 1.54) is 0 Å². The summed E-state index contributed by atoms with van der Waals surface area (Å²) in [6, 6.07) is 0.394. The van der Waals surface area contributed by atoms with Crippen LogP contribution in [0.3, 0.4) is 0 Å². The summed E-state index contributed by atoms with van der Waals surface area (Å²) in [4.78, 5) is 6.19. The number of rotatable bonds is 7. The molecule has 0 saturated carbocycles. The summed E-state index contributed by atoms with van der Waals surface area (Å²) < 4.78 is 5.24. The van der Waals surface area contributed by atoms with Gasteiger partial charge in [0, 0.05) is 26.6 Å². The van der Waals surface area contributed by atoms with Crippen LogP contribution >= 0.6 is 0 Å². The van der Waals surface area contributed by atoms with Gasteiger partial charge in [0.05, 0.1) is 0 Å². The Bertz CT molecular complexity index is 322. The summed E-state index contributed by atoms with van der Waals surface area (Å²) in [6.07, 6.45) is 1.93. The molecule has 1 heterocycles. The highest BCUT2D eigenvalue weighted by atomic mass is 16.5. The van der Waals surface area contributed by atoms with Crippen LogP contribution in [0.25, 0.3) is 0 Å². The van der Waals surface area contributed by atoms with Crippen molar-refractivity contribution < 1.29 is 4.52 Å². The fourth-order valence-electron chi connectivity index (χ4n) is 1.57. The van der Waals surface area contributed by atoms with Crippen LogP contribution in [0.15, 0.2) is 4.52 Å². The highest BCUT2D eigenvalue weighted by Gasteiger charge is 2.17. The monoisotopic (exact) mass is 240 g/mol. The first-order chi connectivity index (χ1) is 8.04. The van der Waals surface area contributed by atoms with E-state index in [1.807, 2.05) is 19.0 Å². The van der Waals surface area contributed by atoms with Crippen molar-refractivity contribution in [1.82, 2.24) is 15.5 Å². The quantitative estimate of drug-likeness (QED) is 0.786. The first kappa shape index (κ1) is 14.0. The van der Waals surface area contributed by atoms with Crippen molar-refractivity contribution in [3.63, 3.8) is 0 Å². The van der Waals surface area contributed by atoms with E-state index >= 15 is 0 Å². The lowest BCUT2D eigenvalue weighted by Crippen LogP contribution is -2.36. The smallest absolute Gasteiger partial charge is 0.265 e. The molecule has 0 radical (unpaired) electrons. The van der Waals surface area contributed by atoms with E-state index < -0.39 is 0 Å². The summed E-state index contributed by atoms with van der Waals surface area (Å²) in [6.45, 7) is 7.60. The minimum Gasteiger partial charge on any atom is -0.344 e. The number of hydrogen-bond donors (Lipinski definition) is 1. The van der Waals surface area contributed by atoms with E-state index in [9.17, 15) is 0 Å². The lowest BCUT2D eigenvalue weighted by Gasteiger charge is -2.20. The van der Waals surface area contributed by atoms with Gasteiger partial charge < -0.3 is 14.7 Å². The zero-order valence-electron chi connectivity index (χ0n) is 11.5. The summed E-state index contributed by atoms with van der Waals surface area (Å²) in [5.74, 6) is 1.89. The van der Waals surface area contributed by atoms with Crippen LogP contribution in [0.1, 0.15) is 33.1 Å². The second kappa shape index (κ2) is 6.59. The molecular weight excluding hydrogens is 216 g/mol. The van der Waals surface area contributed by atoms with Crippen LogP contribution in [0.4, 0.5) is 5.95 Å². The molecule has 0 spiro atoms. The zero-order chi connectivity index (χ0) is 12.8. The third-order valence-corrected chi connectivity index (χ3v) is 2.71. The van der Waals surface area contributed by atoms with E-state index in [0.717, 1.165) is 19.4 Å². The second-order valence-corrected chi connectivity index (χ2v) is 4.89. The lowest BCUT2D eigenvalue weighted by atomic mass is 10.0. The maximum atomic E-state index is 5.24. The van der Waals surface area contributed by atoms with Gasteiger partial charge in [0.15, 0.2) is 0 Å². The molecule has 0 saturated heterocycles. The van der Waals surface area contributed by atoms with Crippen molar-refractivity contribution in [3.8, 4) is 0 Å². The molecule has 0 aliphatic heterocycles. The van der Waals surface area contributed by atoms with Gasteiger partial charge in [-0.15, -0.1) is 0 Å². The molecule has 1 atom stereocenters. The molecule has 1 unspecified atom stereocenters. The zero-order valence-corrected chi connectivity index (χ0v) is 11.5. The van der Waals surface area contributed by atoms with Crippen LogP contribution < -0.4 is 10.2 Å². The Hall–Kier alpha value is -1.10. The average molecular weight is 240 g/mol. The van der Waals surface area contributed by atoms with E-state index in [4.69, 9.17) is 4.52 Å². The van der Waals surface area contributed by atoms with E-state index in [-0.39, 0.29) is 0 Å². The fourth-order valence-corrected chi connectivity index (χ4v) is 1.57. The fraction of sp³-hybridized carbons (Fsp3) is 0.833. The maximum Gasteiger partial charge on any atom is 0.265 e. The van der Waals surface area contributed by atoms with E-state index in [1.54, 1.807) is 0 Å². The third kappa shape index (κ3) is 4.34. The molecule has 0 fully saturated rings. The molecule has 98 valence electrons. The van der Waals surface area contributed by atoms with Crippen LogP contribution in [0, 0.1) is 5.92 Å². The molecule has 0 amide bonds. The predicted octanol–water partition coefficient (Wildman–Crippen LogP) is 1.70. The Morgan fingerprint density at radius 1 is 1.35 bits per heavy atom. The van der Waals surface area contributed by atoms with Gasteiger partial charge in [-0.1, -0.05) is 20.8 Å². The van der Waals surface area contributed by atoms with Crippen molar-refractivity contribution in [2.45, 2.75) is 39.7 Å². The molecule has 0 aromatic carbocycles. The molecule has 0 aliphatic carbocycles. The molecule has 1 aromatic rings. The van der Waals surface area contributed by atoms with Gasteiger partial charge in [0.2, 0.25) is 5.89 Å². The minimum atomic E-state index is 0.394. The van der Waals surface area contributed by atoms with Crippen molar-refractivity contribution in [3.05, 3.63) is 5.89 Å². The first-order valence-corrected chi connectivity index (χ1v) is 6.27. The standard InChI is InChI=1S/C12H24N4O/c1-6-7-13-10(9(2)3)8-11-14-12(15-17-11)16(4)5/h9-10,13H,6-8H2,1-5H3. The van der Waals surface area contributed by atoms with Crippen LogP contribution in [-0.2, 0) is 6.42 Å². The molecule has 1 rings (SSSR count). The van der Waals surface area contributed by atoms with Gasteiger partial charge in [-0.3, -0.25) is 0 Å². The van der Waals surface area contributed by atoms with Gasteiger partial charge >= 0.3 is 0 Å². The summed E-state index contributed by atoms with van der Waals surface area (Å²) >= 11 is 0. The van der Waals surface area contributed by atoms with Crippen molar-refractivity contribution >= 4 is 5.95 Å². The topological polar surface area (TPSA) is 54.2 Å². The van der Waals surface area contributed by atoms with Crippen molar-refractivity contribution in [1.29, 1.82) is 0 Å². The average Bonchev–Trinajstić information content (AvgIpc) is 2.72. The Kier molecular flexibility index (Phi) is 5.41. The predicted molar refractivity (Wildman–Crippen MR) is 69.2 cm³/mol. The molecular formula is C12H24N4O. The first-order valence-electron chi connectivity index (χ1n) is 6.27. The molecule has 0 bridgehead atoms. The van der Waals surface area contributed by atoms with Gasteiger partial charge in [0.25, 0.3) is 5.95 Å². The van der Waals surface area contributed by atoms with Gasteiger partial charge in [-0.2, -0.15) is 4.98 Å². The summed E-state index contributed by atoms with van der Waals surface area (Å²) in [5, 5.41) is 7.43. The molecule has 1 N–H and O–H groups in total. The summed E-state index contributed by atoms with van der Waals surface area (Å²) in [5.41, 5.74) is 0. The van der Waals surface area contributed by atoms with Crippen molar-refractivity contribution in [2.24, 2.45) is 5.92 Å². The van der Waals surface area contributed by atoms with Crippen molar-refractivity contribution in [2.75, 3.05) is 25.5 Å². The SMILES string of the molecule is CCCNC(Cc1nc(N(C)C)no1)C(C)C. The summed E-state index contributed by atoms with van der Waals surface area (Å²) in [7, 11) is 3.81. The number of anilines is 1. The maximum absolute atomic E-state index is 5.24. The van der Waals surface area contributed by atoms with E-state index in [2.05, 4.69) is 36.2 Å². The largest absolute Gasteiger partial charge is 0.344 e. The van der Waals surface area contributed by atoms with Crippen LogP contribution in [0.5, 0.6) is 0 Å². The number of hydrogen-bond acceptors (Lipinski definition) is 5. The van der Waals surface area contributed by atoms with Crippen LogP contribution in [-0.4, -0.2) is 36.8 Å². The minimum absolute atomic E-state index is 0.394. The Labute approximate surface area is 104 Å².